The fourth-order valence-electron chi connectivity index (χ4n) is 1.80. The highest BCUT2D eigenvalue weighted by atomic mass is 32.3. The summed E-state index contributed by atoms with van der Waals surface area (Å²) >= 11 is 0. The third-order valence-electron chi connectivity index (χ3n) is 2.57. The van der Waals surface area contributed by atoms with Gasteiger partial charge < -0.3 is 9.92 Å². The molecule has 1 aliphatic rings. The minimum Gasteiger partial charge on any atom is -0.396 e. The van der Waals surface area contributed by atoms with E-state index < -0.39 is 20.5 Å². The van der Waals surface area contributed by atoms with Gasteiger partial charge in [0.25, 0.3) is 0 Å². The smallest absolute Gasteiger partial charge is 0.396 e. The van der Waals surface area contributed by atoms with E-state index in [0.29, 0.717) is 18.7 Å². The third kappa shape index (κ3) is 3.07. The van der Waals surface area contributed by atoms with Crippen molar-refractivity contribution >= 4 is 31.9 Å². The number of nitrogens with zero attached hydrogens (tertiary/aromatic N) is 1. The van der Waals surface area contributed by atoms with Crippen molar-refractivity contribution in [1.29, 1.82) is 0 Å². The van der Waals surface area contributed by atoms with E-state index in [9.17, 15) is 20.7 Å². The molecule has 0 saturated carbocycles. The van der Waals surface area contributed by atoms with Crippen LogP contribution in [0.15, 0.2) is 18.2 Å². The average Bonchev–Trinajstić information content (AvgIpc) is 2.59. The van der Waals surface area contributed by atoms with Gasteiger partial charge in [-0.05, 0) is 24.6 Å². The Bertz CT molecular complexity index is 701. The van der Waals surface area contributed by atoms with Gasteiger partial charge in [0.05, 0.1) is 17.1 Å². The molecule has 10 heteroatoms. The highest BCUT2D eigenvalue weighted by molar-refractivity contribution is 7.93. The summed E-state index contributed by atoms with van der Waals surface area (Å²) in [5.74, 6) is -0.341. The number of sulfonamides is 1. The number of nitrogen functional groups attached to an aromatic ring is 1. The van der Waals surface area contributed by atoms with E-state index in [-0.39, 0.29) is 17.2 Å². The second-order valence-electron chi connectivity index (χ2n) is 3.94. The van der Waals surface area contributed by atoms with Crippen molar-refractivity contribution in [1.82, 2.24) is 0 Å². The predicted octanol–water partition coefficient (Wildman–Crippen LogP) is 0.402. The van der Waals surface area contributed by atoms with E-state index in [4.69, 9.17) is 5.73 Å². The first-order valence-corrected chi connectivity index (χ1v) is 8.15. The molecule has 1 aliphatic heterocycles. The zero-order chi connectivity index (χ0) is 14.3. The normalized spacial score (nSPS) is 18.5. The molecule has 0 unspecified atom stereocenters. The molecule has 19 heavy (non-hydrogen) atoms. The van der Waals surface area contributed by atoms with Crippen molar-refractivity contribution in [2.24, 2.45) is 0 Å². The van der Waals surface area contributed by atoms with Crippen molar-refractivity contribution in [3.8, 4) is 5.75 Å². The zero-order valence-corrected chi connectivity index (χ0v) is 11.2. The number of hydrogen-bond donors (Lipinski definition) is 1. The maximum absolute atomic E-state index is 12.4. The van der Waals surface area contributed by atoms with Crippen LogP contribution < -0.4 is 14.2 Å². The molecule has 2 rings (SSSR count). The van der Waals surface area contributed by atoms with Crippen LogP contribution in [0.2, 0.25) is 0 Å². The first kappa shape index (κ1) is 13.9. The van der Waals surface area contributed by atoms with Crippen LogP contribution in [-0.4, -0.2) is 29.1 Å². The van der Waals surface area contributed by atoms with Crippen molar-refractivity contribution in [3.63, 3.8) is 0 Å². The van der Waals surface area contributed by atoms with Gasteiger partial charge in [-0.3, -0.25) is 4.31 Å². The van der Waals surface area contributed by atoms with Gasteiger partial charge in [0, 0.05) is 6.54 Å². The zero-order valence-electron chi connectivity index (χ0n) is 9.61. The quantitative estimate of drug-likeness (QED) is 0.640. The van der Waals surface area contributed by atoms with Crippen LogP contribution in [0.4, 0.5) is 15.3 Å². The van der Waals surface area contributed by atoms with Gasteiger partial charge in [-0.2, -0.15) is 8.42 Å². The summed E-state index contributed by atoms with van der Waals surface area (Å²) in [6, 6.07) is 3.64. The SMILES string of the molecule is Nc1cc(N2CCCS2(=O)=O)ccc1OS(=O)(=O)F. The Hall–Kier alpha value is -1.55. The number of nitrogens with two attached hydrogens (primary N) is 1. The summed E-state index contributed by atoms with van der Waals surface area (Å²) in [5, 5.41) is 0. The maximum Gasteiger partial charge on any atom is 0.488 e. The first-order valence-electron chi connectivity index (χ1n) is 5.23. The van der Waals surface area contributed by atoms with Crippen LogP contribution in [0.5, 0.6) is 5.75 Å². The average molecular weight is 310 g/mol. The molecule has 0 radical (unpaired) electrons. The van der Waals surface area contributed by atoms with Gasteiger partial charge in [-0.15, -0.1) is 0 Å². The molecule has 0 aliphatic carbocycles. The van der Waals surface area contributed by atoms with Crippen molar-refractivity contribution in [3.05, 3.63) is 18.2 Å². The van der Waals surface area contributed by atoms with Crippen molar-refractivity contribution < 1.29 is 24.9 Å². The Kier molecular flexibility index (Phi) is 3.31. The highest BCUT2D eigenvalue weighted by Crippen LogP contribution is 2.31. The lowest BCUT2D eigenvalue weighted by Crippen LogP contribution is -2.25. The van der Waals surface area contributed by atoms with Crippen LogP contribution in [-0.2, 0) is 20.5 Å². The van der Waals surface area contributed by atoms with Gasteiger partial charge in [-0.1, -0.05) is 3.89 Å². The molecule has 1 saturated heterocycles. The molecule has 0 spiro atoms. The number of hydrogen-bond acceptors (Lipinski definition) is 6. The maximum atomic E-state index is 12.4. The fourth-order valence-corrected chi connectivity index (χ4v) is 3.73. The van der Waals surface area contributed by atoms with Gasteiger partial charge in [0.15, 0.2) is 5.75 Å². The molecule has 0 aromatic heterocycles. The van der Waals surface area contributed by atoms with E-state index in [0.717, 1.165) is 10.4 Å². The summed E-state index contributed by atoms with van der Waals surface area (Å²) in [6.07, 6.45) is 0.499. The van der Waals surface area contributed by atoms with E-state index in [2.05, 4.69) is 4.18 Å². The fraction of sp³-hybridized carbons (Fsp3) is 0.333. The molecular weight excluding hydrogens is 299 g/mol. The Labute approximate surface area is 110 Å². The molecule has 1 fully saturated rings. The second kappa shape index (κ2) is 4.53. The minimum atomic E-state index is -5.17. The number of rotatable bonds is 3. The third-order valence-corrected chi connectivity index (χ3v) is 4.82. The molecule has 2 N–H and O–H groups in total. The Balaban J connectivity index is 2.34. The van der Waals surface area contributed by atoms with E-state index in [1.165, 1.54) is 12.1 Å². The van der Waals surface area contributed by atoms with Crippen LogP contribution in [0, 0.1) is 0 Å². The molecule has 0 atom stereocenters. The molecule has 0 amide bonds. The molecule has 1 heterocycles. The molecule has 7 nitrogen and oxygen atoms in total. The summed E-state index contributed by atoms with van der Waals surface area (Å²) in [4.78, 5) is 0. The number of benzene rings is 1. The second-order valence-corrected chi connectivity index (χ2v) is 6.91. The lowest BCUT2D eigenvalue weighted by atomic mass is 10.2. The monoisotopic (exact) mass is 310 g/mol. The van der Waals surface area contributed by atoms with E-state index >= 15 is 0 Å². The van der Waals surface area contributed by atoms with E-state index in [1.807, 2.05) is 0 Å². The molecule has 0 bridgehead atoms. The van der Waals surface area contributed by atoms with Crippen LogP contribution in [0.3, 0.4) is 0 Å². The Morgan fingerprint density at radius 3 is 2.53 bits per heavy atom. The number of anilines is 2. The lowest BCUT2D eigenvalue weighted by molar-refractivity contribution is 0.441. The largest absolute Gasteiger partial charge is 0.488 e. The van der Waals surface area contributed by atoms with Gasteiger partial charge in [0.2, 0.25) is 10.0 Å². The van der Waals surface area contributed by atoms with Gasteiger partial charge >= 0.3 is 10.5 Å². The summed E-state index contributed by atoms with van der Waals surface area (Å²) in [6.45, 7) is 0.323. The Morgan fingerprint density at radius 1 is 1.37 bits per heavy atom. The van der Waals surface area contributed by atoms with Crippen LogP contribution in [0.1, 0.15) is 6.42 Å². The highest BCUT2D eigenvalue weighted by Gasteiger charge is 2.28. The number of halogens is 1. The van der Waals surface area contributed by atoms with Crippen LogP contribution in [0.25, 0.3) is 0 Å². The van der Waals surface area contributed by atoms with Crippen molar-refractivity contribution in [2.45, 2.75) is 6.42 Å². The molecule has 1 aromatic carbocycles. The van der Waals surface area contributed by atoms with E-state index in [1.54, 1.807) is 0 Å². The topological polar surface area (TPSA) is 107 Å². The Morgan fingerprint density at radius 2 is 2.05 bits per heavy atom. The molecule has 106 valence electrons. The predicted molar refractivity (Wildman–Crippen MR) is 67.3 cm³/mol. The van der Waals surface area contributed by atoms with Gasteiger partial charge in [0.1, 0.15) is 0 Å². The summed E-state index contributed by atoms with van der Waals surface area (Å²) in [5.41, 5.74) is 5.63. The lowest BCUT2D eigenvalue weighted by Gasteiger charge is -2.17. The molecular formula is C9H11FN2O5S2. The summed E-state index contributed by atoms with van der Waals surface area (Å²) in [7, 11) is -8.53. The van der Waals surface area contributed by atoms with Crippen molar-refractivity contribution in [2.75, 3.05) is 22.3 Å². The van der Waals surface area contributed by atoms with Crippen LogP contribution >= 0.6 is 0 Å². The first-order chi connectivity index (χ1) is 8.69. The molecule has 1 aromatic rings. The summed E-state index contributed by atoms with van der Waals surface area (Å²) < 4.78 is 61.6. The standard InChI is InChI=1S/C9H11FN2O5S2/c10-19(15,16)17-9-3-2-7(6-8(9)11)12-4-1-5-18(12,13)14/h2-3,6H,1,4-5,11H2. The minimum absolute atomic E-state index is 0.0457. The van der Waals surface area contributed by atoms with Gasteiger partial charge in [-0.25, -0.2) is 8.42 Å².